The second-order valence-electron chi connectivity index (χ2n) is 6.89. The zero-order chi connectivity index (χ0) is 16.5. The van der Waals surface area contributed by atoms with Gasteiger partial charge in [-0.05, 0) is 30.4 Å². The molecule has 23 heavy (non-hydrogen) atoms. The molecule has 3 rings (SSSR count). The van der Waals surface area contributed by atoms with Crippen molar-refractivity contribution in [1.82, 2.24) is 13.6 Å². The minimum atomic E-state index is -3.33. The molecule has 2 atom stereocenters. The van der Waals surface area contributed by atoms with Crippen molar-refractivity contribution < 1.29 is 13.2 Å². The third kappa shape index (κ3) is 3.28. The molecule has 0 spiro atoms. The fraction of sp³-hybridized carbons (Fsp3) is 0.688. The van der Waals surface area contributed by atoms with Crippen molar-refractivity contribution in [1.29, 1.82) is 0 Å². The first-order chi connectivity index (χ1) is 10.9. The van der Waals surface area contributed by atoms with E-state index in [0.717, 1.165) is 24.8 Å². The van der Waals surface area contributed by atoms with Crippen LogP contribution >= 0.6 is 0 Å². The van der Waals surface area contributed by atoms with Gasteiger partial charge in [0.2, 0.25) is 0 Å². The molecule has 0 N–H and O–H groups in total. The molecule has 1 aliphatic carbocycles. The van der Waals surface area contributed by atoms with Gasteiger partial charge < -0.3 is 4.74 Å². The Morgan fingerprint density at radius 1 is 1.48 bits per heavy atom. The molecule has 0 unspecified atom stereocenters. The Morgan fingerprint density at radius 3 is 3.00 bits per heavy atom. The van der Waals surface area contributed by atoms with Crippen LogP contribution < -0.4 is 0 Å². The van der Waals surface area contributed by atoms with E-state index in [4.69, 9.17) is 4.74 Å². The van der Waals surface area contributed by atoms with Gasteiger partial charge in [-0.3, -0.25) is 4.98 Å². The van der Waals surface area contributed by atoms with Crippen LogP contribution in [0.25, 0.3) is 0 Å². The minimum absolute atomic E-state index is 0.0225. The Hall–Kier alpha value is -1.02. The SMILES string of the molecule is CN(C)S(=O)(=O)N1C[C@H]2CCC[C@@]2(COCc2cccnc2)C1. The van der Waals surface area contributed by atoms with E-state index in [1.54, 1.807) is 30.8 Å². The van der Waals surface area contributed by atoms with Crippen molar-refractivity contribution in [3.8, 4) is 0 Å². The van der Waals surface area contributed by atoms with Crippen molar-refractivity contribution in [3.63, 3.8) is 0 Å². The van der Waals surface area contributed by atoms with Crippen LogP contribution in [0.4, 0.5) is 0 Å². The molecule has 0 aromatic carbocycles. The molecule has 1 aliphatic heterocycles. The highest BCUT2D eigenvalue weighted by molar-refractivity contribution is 7.86. The Labute approximate surface area is 138 Å². The second-order valence-corrected chi connectivity index (χ2v) is 9.03. The monoisotopic (exact) mass is 339 g/mol. The number of fused-ring (bicyclic) bond motifs is 1. The van der Waals surface area contributed by atoms with Crippen molar-refractivity contribution in [2.45, 2.75) is 25.9 Å². The number of pyridine rings is 1. The average Bonchev–Trinajstić information content (AvgIpc) is 3.05. The summed E-state index contributed by atoms with van der Waals surface area (Å²) < 4.78 is 33.7. The first-order valence-electron chi connectivity index (χ1n) is 8.08. The molecule has 2 aliphatic rings. The number of hydrogen-bond acceptors (Lipinski definition) is 4. The van der Waals surface area contributed by atoms with Gasteiger partial charge in [-0.2, -0.15) is 17.0 Å². The van der Waals surface area contributed by atoms with Gasteiger partial charge >= 0.3 is 0 Å². The van der Waals surface area contributed by atoms with Crippen LogP contribution in [-0.4, -0.2) is 55.8 Å². The van der Waals surface area contributed by atoms with Gasteiger partial charge in [0.25, 0.3) is 10.2 Å². The molecule has 7 heteroatoms. The van der Waals surface area contributed by atoms with Gasteiger partial charge in [0.15, 0.2) is 0 Å². The predicted molar refractivity (Wildman–Crippen MR) is 87.8 cm³/mol. The molecule has 1 aromatic rings. The maximum absolute atomic E-state index is 12.4. The summed E-state index contributed by atoms with van der Waals surface area (Å²) in [6.07, 6.45) is 6.86. The molecule has 6 nitrogen and oxygen atoms in total. The summed E-state index contributed by atoms with van der Waals surface area (Å²) in [4.78, 5) is 4.09. The third-order valence-corrected chi connectivity index (χ3v) is 7.03. The van der Waals surface area contributed by atoms with Crippen molar-refractivity contribution in [2.24, 2.45) is 11.3 Å². The predicted octanol–water partition coefficient (Wildman–Crippen LogP) is 1.51. The fourth-order valence-electron chi connectivity index (χ4n) is 3.86. The number of ether oxygens (including phenoxy) is 1. The van der Waals surface area contributed by atoms with E-state index >= 15 is 0 Å². The molecule has 2 fully saturated rings. The second kappa shape index (κ2) is 6.47. The summed E-state index contributed by atoms with van der Waals surface area (Å²) in [5.74, 6) is 0.408. The van der Waals surface area contributed by atoms with Gasteiger partial charge in [0.05, 0.1) is 13.2 Å². The van der Waals surface area contributed by atoms with E-state index in [2.05, 4.69) is 4.98 Å². The minimum Gasteiger partial charge on any atom is -0.376 e. The van der Waals surface area contributed by atoms with Gasteiger partial charge in [0.1, 0.15) is 0 Å². The van der Waals surface area contributed by atoms with E-state index < -0.39 is 10.2 Å². The number of aromatic nitrogens is 1. The Morgan fingerprint density at radius 2 is 2.30 bits per heavy atom. The molecule has 1 aromatic heterocycles. The number of hydrogen-bond donors (Lipinski definition) is 0. The first kappa shape index (κ1) is 16.8. The molecule has 0 radical (unpaired) electrons. The lowest BCUT2D eigenvalue weighted by Crippen LogP contribution is -2.40. The van der Waals surface area contributed by atoms with Crippen LogP contribution in [0.2, 0.25) is 0 Å². The Balaban J connectivity index is 1.65. The fourth-order valence-corrected chi connectivity index (χ4v) is 5.11. The highest BCUT2D eigenvalue weighted by Gasteiger charge is 2.52. The van der Waals surface area contributed by atoms with Crippen molar-refractivity contribution in [2.75, 3.05) is 33.8 Å². The number of nitrogens with zero attached hydrogens (tertiary/aromatic N) is 3. The molecule has 2 heterocycles. The van der Waals surface area contributed by atoms with Crippen LogP contribution in [0.5, 0.6) is 0 Å². The average molecular weight is 339 g/mol. The maximum Gasteiger partial charge on any atom is 0.281 e. The lowest BCUT2D eigenvalue weighted by Gasteiger charge is -2.29. The van der Waals surface area contributed by atoms with Gasteiger partial charge in [-0.15, -0.1) is 0 Å². The lowest BCUT2D eigenvalue weighted by molar-refractivity contribution is 0.0290. The Kier molecular flexibility index (Phi) is 4.73. The lowest BCUT2D eigenvalue weighted by atomic mass is 9.82. The van der Waals surface area contributed by atoms with Crippen LogP contribution in [-0.2, 0) is 21.6 Å². The topological polar surface area (TPSA) is 62.7 Å². The summed E-state index contributed by atoms with van der Waals surface area (Å²) in [6, 6.07) is 3.89. The molecular formula is C16H25N3O3S. The zero-order valence-electron chi connectivity index (χ0n) is 13.8. The van der Waals surface area contributed by atoms with E-state index in [1.165, 1.54) is 4.31 Å². The molecule has 128 valence electrons. The normalized spacial score (nSPS) is 28.4. The molecule has 0 amide bonds. The van der Waals surface area contributed by atoms with E-state index in [1.807, 2.05) is 12.1 Å². The summed E-state index contributed by atoms with van der Waals surface area (Å²) in [5.41, 5.74) is 1.03. The quantitative estimate of drug-likeness (QED) is 0.788. The molecule has 0 bridgehead atoms. The number of rotatable bonds is 6. The zero-order valence-corrected chi connectivity index (χ0v) is 14.6. The summed E-state index contributed by atoms with van der Waals surface area (Å²) in [6.45, 7) is 2.34. The van der Waals surface area contributed by atoms with E-state index in [9.17, 15) is 8.42 Å². The van der Waals surface area contributed by atoms with E-state index in [0.29, 0.717) is 32.2 Å². The summed E-state index contributed by atoms with van der Waals surface area (Å²) in [5, 5.41) is 0. The van der Waals surface area contributed by atoms with Gasteiger partial charge in [0, 0.05) is 45.0 Å². The third-order valence-electron chi connectivity index (χ3n) is 5.18. The van der Waals surface area contributed by atoms with Gasteiger partial charge in [-0.25, -0.2) is 0 Å². The summed E-state index contributed by atoms with van der Waals surface area (Å²) in [7, 11) is -0.148. The van der Waals surface area contributed by atoms with Crippen LogP contribution in [0.15, 0.2) is 24.5 Å². The largest absolute Gasteiger partial charge is 0.376 e. The molecule has 1 saturated heterocycles. The first-order valence-corrected chi connectivity index (χ1v) is 9.48. The Bertz CT molecular complexity index is 635. The van der Waals surface area contributed by atoms with Crippen LogP contribution in [0.3, 0.4) is 0 Å². The van der Waals surface area contributed by atoms with Crippen molar-refractivity contribution >= 4 is 10.2 Å². The van der Waals surface area contributed by atoms with E-state index in [-0.39, 0.29) is 5.41 Å². The smallest absolute Gasteiger partial charge is 0.281 e. The van der Waals surface area contributed by atoms with Crippen LogP contribution in [0, 0.1) is 11.3 Å². The molecule has 1 saturated carbocycles. The summed E-state index contributed by atoms with van der Waals surface area (Å²) >= 11 is 0. The van der Waals surface area contributed by atoms with Crippen molar-refractivity contribution in [3.05, 3.63) is 30.1 Å². The van der Waals surface area contributed by atoms with Gasteiger partial charge in [-0.1, -0.05) is 12.5 Å². The molecular weight excluding hydrogens is 314 g/mol. The van der Waals surface area contributed by atoms with Crippen LogP contribution in [0.1, 0.15) is 24.8 Å². The highest BCUT2D eigenvalue weighted by Crippen LogP contribution is 2.49. The maximum atomic E-state index is 12.4. The standard InChI is InChI=1S/C16H25N3O3S/c1-18(2)23(20,21)19-10-15-6-3-7-16(15,12-19)13-22-11-14-5-4-8-17-9-14/h4-5,8-9,15H,3,6-7,10-13H2,1-2H3/t15-,16+/m1/s1. The highest BCUT2D eigenvalue weighted by atomic mass is 32.2.